The van der Waals surface area contributed by atoms with Gasteiger partial charge in [0.05, 0.1) is 6.10 Å². The maximum atomic E-state index is 10.6. The molecule has 2 aliphatic rings. The van der Waals surface area contributed by atoms with Gasteiger partial charge < -0.3 is 10.2 Å². The highest BCUT2D eigenvalue weighted by Crippen LogP contribution is 2.61. The van der Waals surface area contributed by atoms with Crippen LogP contribution in [0.1, 0.15) is 6.42 Å². The van der Waals surface area contributed by atoms with Crippen molar-refractivity contribution in [2.75, 3.05) is 5.75 Å². The van der Waals surface area contributed by atoms with Crippen molar-refractivity contribution in [2.24, 2.45) is 5.92 Å². The summed E-state index contributed by atoms with van der Waals surface area (Å²) in [5.74, 6) is -0.120. The predicted molar refractivity (Wildman–Crippen MR) is 36.9 cm³/mol. The van der Waals surface area contributed by atoms with Crippen LogP contribution in [0.4, 0.5) is 0 Å². The van der Waals surface area contributed by atoms with Crippen molar-refractivity contribution in [2.45, 2.75) is 17.3 Å². The van der Waals surface area contributed by atoms with E-state index in [-0.39, 0.29) is 12.0 Å². The standard InChI is InChI=1S/C6H8O3S/c7-4-2-10-6(5(8)9)1-3(4)6/h3-4,7H,1-2H2,(H,8,9). The van der Waals surface area contributed by atoms with E-state index in [2.05, 4.69) is 0 Å². The summed E-state index contributed by atoms with van der Waals surface area (Å²) in [6.45, 7) is 0. The van der Waals surface area contributed by atoms with Gasteiger partial charge in [-0.05, 0) is 6.42 Å². The van der Waals surface area contributed by atoms with Crippen LogP contribution in [0.25, 0.3) is 0 Å². The third-order valence-corrected chi connectivity index (χ3v) is 3.97. The minimum Gasteiger partial charge on any atom is -0.480 e. The Balaban J connectivity index is 2.18. The summed E-state index contributed by atoms with van der Waals surface area (Å²) >= 11 is 1.39. The Morgan fingerprint density at radius 3 is 2.60 bits per heavy atom. The monoisotopic (exact) mass is 160 g/mol. The van der Waals surface area contributed by atoms with Gasteiger partial charge in [-0.1, -0.05) is 0 Å². The summed E-state index contributed by atoms with van der Waals surface area (Å²) in [7, 11) is 0. The molecule has 3 nitrogen and oxygen atoms in total. The molecule has 10 heavy (non-hydrogen) atoms. The Labute approximate surface area is 62.4 Å². The molecule has 0 aromatic heterocycles. The van der Waals surface area contributed by atoms with E-state index >= 15 is 0 Å². The predicted octanol–water partition coefficient (Wildman–Crippen LogP) is -0.0626. The summed E-state index contributed by atoms with van der Waals surface area (Å²) < 4.78 is -0.584. The molecule has 2 fully saturated rings. The lowest BCUT2D eigenvalue weighted by molar-refractivity contribution is -0.137. The molecule has 56 valence electrons. The van der Waals surface area contributed by atoms with E-state index in [9.17, 15) is 4.79 Å². The molecular formula is C6H8O3S. The molecule has 0 amide bonds. The third kappa shape index (κ3) is 0.582. The fourth-order valence-electron chi connectivity index (χ4n) is 1.54. The average molecular weight is 160 g/mol. The van der Waals surface area contributed by atoms with Crippen molar-refractivity contribution in [1.29, 1.82) is 0 Å². The van der Waals surface area contributed by atoms with Crippen molar-refractivity contribution in [3.8, 4) is 0 Å². The lowest BCUT2D eigenvalue weighted by atomic mass is 10.2. The Kier molecular flexibility index (Phi) is 1.09. The summed E-state index contributed by atoms with van der Waals surface area (Å²) in [5, 5.41) is 17.9. The summed E-state index contributed by atoms with van der Waals surface area (Å²) in [5.41, 5.74) is 0. The van der Waals surface area contributed by atoms with Crippen molar-refractivity contribution < 1.29 is 15.0 Å². The first kappa shape index (κ1) is 6.49. The number of aliphatic hydroxyl groups is 1. The summed E-state index contributed by atoms with van der Waals surface area (Å²) in [6, 6.07) is 0. The number of hydrogen-bond donors (Lipinski definition) is 2. The second-order valence-electron chi connectivity index (χ2n) is 2.88. The molecule has 4 heteroatoms. The van der Waals surface area contributed by atoms with Gasteiger partial charge in [0.2, 0.25) is 0 Å². The highest BCUT2D eigenvalue weighted by atomic mass is 32.2. The highest BCUT2D eigenvalue weighted by molar-refractivity contribution is 8.02. The van der Waals surface area contributed by atoms with Crippen LogP contribution in [0.3, 0.4) is 0 Å². The van der Waals surface area contributed by atoms with E-state index in [0.29, 0.717) is 12.2 Å². The summed E-state index contributed by atoms with van der Waals surface area (Å²) in [4.78, 5) is 10.6. The van der Waals surface area contributed by atoms with Crippen LogP contribution in [0.15, 0.2) is 0 Å². The molecule has 2 N–H and O–H groups in total. The van der Waals surface area contributed by atoms with Gasteiger partial charge in [0.25, 0.3) is 0 Å². The normalized spacial score (nSPS) is 50.5. The van der Waals surface area contributed by atoms with Gasteiger partial charge >= 0.3 is 5.97 Å². The largest absolute Gasteiger partial charge is 0.480 e. The van der Waals surface area contributed by atoms with Crippen LogP contribution >= 0.6 is 11.8 Å². The number of carboxylic acids is 1. The number of aliphatic carboxylic acids is 1. The van der Waals surface area contributed by atoms with Crippen molar-refractivity contribution in [1.82, 2.24) is 0 Å². The fourth-order valence-corrected chi connectivity index (χ4v) is 3.03. The van der Waals surface area contributed by atoms with Crippen LogP contribution in [0.2, 0.25) is 0 Å². The van der Waals surface area contributed by atoms with Gasteiger partial charge in [-0.2, -0.15) is 0 Å². The fraction of sp³-hybridized carbons (Fsp3) is 0.833. The Hall–Kier alpha value is -0.220. The van der Waals surface area contributed by atoms with E-state index in [1.165, 1.54) is 11.8 Å². The zero-order valence-corrected chi connectivity index (χ0v) is 6.10. The second kappa shape index (κ2) is 1.68. The zero-order valence-electron chi connectivity index (χ0n) is 5.28. The molecule has 2 rings (SSSR count). The number of fused-ring (bicyclic) bond motifs is 1. The zero-order chi connectivity index (χ0) is 7.35. The maximum Gasteiger partial charge on any atom is 0.320 e. The number of aliphatic hydroxyl groups excluding tert-OH is 1. The smallest absolute Gasteiger partial charge is 0.320 e. The van der Waals surface area contributed by atoms with E-state index in [1.807, 2.05) is 0 Å². The van der Waals surface area contributed by atoms with E-state index in [0.717, 1.165) is 0 Å². The molecule has 1 saturated heterocycles. The molecule has 1 saturated carbocycles. The van der Waals surface area contributed by atoms with Gasteiger partial charge in [0, 0.05) is 11.7 Å². The first-order valence-corrected chi connectivity index (χ1v) is 4.21. The SMILES string of the molecule is O=C(O)C12CC1C(O)CS2. The number of carboxylic acid groups (broad SMARTS) is 1. The quantitative estimate of drug-likeness (QED) is 0.564. The molecule has 1 aliphatic heterocycles. The van der Waals surface area contributed by atoms with Crippen molar-refractivity contribution in [3.63, 3.8) is 0 Å². The molecule has 1 aliphatic carbocycles. The van der Waals surface area contributed by atoms with Crippen LogP contribution in [0.5, 0.6) is 0 Å². The first-order chi connectivity index (χ1) is 4.67. The Morgan fingerprint density at radius 2 is 2.40 bits per heavy atom. The van der Waals surface area contributed by atoms with E-state index in [1.54, 1.807) is 0 Å². The topological polar surface area (TPSA) is 57.5 Å². The summed E-state index contributed by atoms with van der Waals surface area (Å²) in [6.07, 6.45) is 0.287. The molecule has 0 aromatic rings. The number of rotatable bonds is 1. The lowest BCUT2D eigenvalue weighted by Gasteiger charge is -2.00. The molecule has 3 unspecified atom stereocenters. The molecule has 3 atom stereocenters. The lowest BCUT2D eigenvalue weighted by Crippen LogP contribution is -2.18. The Bertz CT molecular complexity index is 193. The minimum absolute atomic E-state index is 0.0370. The molecule has 0 bridgehead atoms. The van der Waals surface area contributed by atoms with Crippen molar-refractivity contribution in [3.05, 3.63) is 0 Å². The van der Waals surface area contributed by atoms with E-state index in [4.69, 9.17) is 10.2 Å². The second-order valence-corrected chi connectivity index (χ2v) is 4.23. The Morgan fingerprint density at radius 1 is 1.70 bits per heavy atom. The molecule has 0 radical (unpaired) electrons. The van der Waals surface area contributed by atoms with Crippen molar-refractivity contribution >= 4 is 17.7 Å². The molecule has 0 aromatic carbocycles. The van der Waals surface area contributed by atoms with Crippen LogP contribution in [0, 0.1) is 5.92 Å². The third-order valence-electron chi connectivity index (χ3n) is 2.30. The van der Waals surface area contributed by atoms with Gasteiger partial charge in [-0.25, -0.2) is 0 Å². The number of thioether (sulfide) groups is 1. The van der Waals surface area contributed by atoms with Crippen LogP contribution in [-0.2, 0) is 4.79 Å². The molecule has 0 spiro atoms. The van der Waals surface area contributed by atoms with Crippen LogP contribution < -0.4 is 0 Å². The number of hydrogen-bond acceptors (Lipinski definition) is 3. The average Bonchev–Trinajstić information content (AvgIpc) is 2.52. The maximum absolute atomic E-state index is 10.6. The highest BCUT2D eigenvalue weighted by Gasteiger charge is 2.67. The molecule has 1 heterocycles. The first-order valence-electron chi connectivity index (χ1n) is 3.22. The minimum atomic E-state index is -0.751. The van der Waals surface area contributed by atoms with Gasteiger partial charge in [0.1, 0.15) is 4.75 Å². The van der Waals surface area contributed by atoms with Gasteiger partial charge in [-0.3, -0.25) is 4.79 Å². The number of carbonyl (C=O) groups is 1. The molecular weight excluding hydrogens is 152 g/mol. The van der Waals surface area contributed by atoms with Gasteiger partial charge in [-0.15, -0.1) is 11.8 Å². The van der Waals surface area contributed by atoms with Gasteiger partial charge in [0.15, 0.2) is 0 Å². The van der Waals surface area contributed by atoms with E-state index < -0.39 is 10.7 Å². The van der Waals surface area contributed by atoms with Crippen LogP contribution in [-0.4, -0.2) is 32.8 Å².